The molecular weight excluding hydrogens is 582 g/mol. The largest absolute Gasteiger partial charge is 0.506 e. The molecular formula is C28H37N5O9S. The van der Waals surface area contributed by atoms with E-state index in [2.05, 4.69) is 10.2 Å². The normalized spacial score (nSPS) is 25.0. The third kappa shape index (κ3) is 9.64. The Morgan fingerprint density at radius 1 is 0.977 bits per heavy atom. The van der Waals surface area contributed by atoms with E-state index in [0.717, 1.165) is 17.9 Å². The minimum absolute atomic E-state index is 0.0299. The molecule has 2 aliphatic rings. The number of sulfone groups is 1. The molecule has 2 heterocycles. The number of ether oxygens (including phenoxy) is 4. The summed E-state index contributed by atoms with van der Waals surface area (Å²) in [6, 6.07) is 9.94. The minimum atomic E-state index is -3.83. The van der Waals surface area contributed by atoms with Crippen molar-refractivity contribution in [2.45, 2.75) is 61.5 Å². The first-order valence-corrected chi connectivity index (χ1v) is 16.0. The maximum absolute atomic E-state index is 12.3. The molecule has 2 aromatic carbocycles. The van der Waals surface area contributed by atoms with Gasteiger partial charge in [-0.1, -0.05) is 18.2 Å². The van der Waals surface area contributed by atoms with E-state index in [9.17, 15) is 29.2 Å². The zero-order chi connectivity index (χ0) is 30.8. The van der Waals surface area contributed by atoms with Gasteiger partial charge >= 0.3 is 0 Å². The van der Waals surface area contributed by atoms with E-state index in [1.54, 1.807) is 12.1 Å². The van der Waals surface area contributed by atoms with Gasteiger partial charge in [-0.2, -0.15) is 5.11 Å². The first-order chi connectivity index (χ1) is 20.6. The van der Waals surface area contributed by atoms with Gasteiger partial charge in [0.05, 0.1) is 56.4 Å². The summed E-state index contributed by atoms with van der Waals surface area (Å²) in [6.07, 6.45) is 1.71. The van der Waals surface area contributed by atoms with Crippen molar-refractivity contribution in [3.8, 4) is 0 Å². The number of nitrogens with zero attached hydrogens (tertiary/aromatic N) is 5. The van der Waals surface area contributed by atoms with Gasteiger partial charge in [0.25, 0.3) is 5.69 Å². The number of rotatable bonds is 6. The van der Waals surface area contributed by atoms with Gasteiger partial charge in [-0.05, 0) is 17.7 Å². The predicted molar refractivity (Wildman–Crippen MR) is 154 cm³/mol. The van der Waals surface area contributed by atoms with Gasteiger partial charge in [0.15, 0.2) is 16.1 Å². The molecule has 2 aromatic rings. The van der Waals surface area contributed by atoms with Crippen LogP contribution in [0.3, 0.4) is 0 Å². The standard InChI is InChI=1S/C28H37N5O9S/c1-43(37,38)27-18-23(33(35)36)6-7-26(27)31-30-25-5-3-2-4-20(25)16-24-17-22-9-12-40-15-14-39-11-8-21(32(22)29)10-13-41-28(34)19-42-24/h2-7,18,21-22,24,28,34H,8-17,19H2,1H3. The summed E-state index contributed by atoms with van der Waals surface area (Å²) >= 11 is 0. The van der Waals surface area contributed by atoms with E-state index in [4.69, 9.17) is 18.9 Å². The lowest BCUT2D eigenvalue weighted by Gasteiger charge is -2.28. The molecule has 0 spiro atoms. The van der Waals surface area contributed by atoms with E-state index in [1.165, 1.54) is 16.8 Å². The summed E-state index contributed by atoms with van der Waals surface area (Å²) in [5, 5.41) is 30.0. The highest BCUT2D eigenvalue weighted by Gasteiger charge is 2.30. The number of aliphatic hydroxyl groups excluding tert-OH is 1. The summed E-state index contributed by atoms with van der Waals surface area (Å²) in [5.41, 5.74) is 12.1. The molecule has 0 saturated carbocycles. The molecule has 4 unspecified atom stereocenters. The third-order valence-corrected chi connectivity index (χ3v) is 8.47. The Labute approximate surface area is 250 Å². The Hall–Kier alpha value is -3.21. The zero-order valence-electron chi connectivity index (χ0n) is 24.0. The summed E-state index contributed by atoms with van der Waals surface area (Å²) in [5.74, 6) is 0. The molecule has 43 heavy (non-hydrogen) atoms. The fraction of sp³-hybridized carbons (Fsp3) is 0.571. The number of aliphatic hydroxyl groups is 1. The van der Waals surface area contributed by atoms with Crippen molar-refractivity contribution in [3.05, 3.63) is 63.7 Å². The average Bonchev–Trinajstić information content (AvgIpc) is 3.02. The second kappa shape index (κ2) is 15.5. The smallest absolute Gasteiger partial charge is 0.270 e. The Balaban J connectivity index is 1.61. The first kappa shape index (κ1) is 32.7. The van der Waals surface area contributed by atoms with E-state index in [1.807, 2.05) is 12.1 Å². The van der Waals surface area contributed by atoms with Crippen LogP contribution >= 0.6 is 0 Å². The molecule has 0 aromatic heterocycles. The summed E-state index contributed by atoms with van der Waals surface area (Å²) in [7, 11) is -3.83. The van der Waals surface area contributed by atoms with Crippen molar-refractivity contribution < 1.29 is 42.1 Å². The summed E-state index contributed by atoms with van der Waals surface area (Å²) in [6.45, 7) is 1.98. The van der Waals surface area contributed by atoms with Crippen LogP contribution in [0.1, 0.15) is 31.2 Å². The Bertz CT molecular complexity index is 1400. The molecule has 0 aliphatic carbocycles. The number of benzene rings is 2. The Kier molecular flexibility index (Phi) is 11.8. The highest BCUT2D eigenvalue weighted by atomic mass is 32.2. The highest BCUT2D eigenvalue weighted by Crippen LogP contribution is 2.32. The number of azo groups is 1. The number of non-ortho nitro benzene ring substituents is 1. The molecule has 4 rings (SSSR count). The van der Waals surface area contributed by atoms with Crippen molar-refractivity contribution >= 4 is 26.9 Å². The fourth-order valence-electron chi connectivity index (χ4n) is 5.08. The second-order valence-electron chi connectivity index (χ2n) is 10.5. The quantitative estimate of drug-likeness (QED) is 0.215. The van der Waals surface area contributed by atoms with E-state index >= 15 is 0 Å². The molecule has 0 radical (unpaired) electrons. The lowest BCUT2D eigenvalue weighted by atomic mass is 9.97. The van der Waals surface area contributed by atoms with Gasteiger partial charge in [-0.25, -0.2) is 8.42 Å². The van der Waals surface area contributed by atoms with E-state index in [0.29, 0.717) is 64.2 Å². The topological polar surface area (TPSA) is 184 Å². The van der Waals surface area contributed by atoms with Crippen LogP contribution in [0.5, 0.6) is 0 Å². The van der Waals surface area contributed by atoms with E-state index < -0.39 is 27.2 Å². The van der Waals surface area contributed by atoms with Crippen LogP contribution in [0.4, 0.5) is 17.1 Å². The number of nitro benzene ring substituents is 1. The SMILES string of the molecule is CS(=O)(=O)c1cc([N+](=O)[O-])ccc1N=Nc1ccccc1CC1CC2CCOCCOCCC(CCOC(O)CO1)[N+]2=[N-]. The van der Waals surface area contributed by atoms with Crippen molar-refractivity contribution in [1.29, 1.82) is 0 Å². The molecule has 0 amide bonds. The third-order valence-electron chi connectivity index (χ3n) is 7.34. The Morgan fingerprint density at radius 2 is 1.65 bits per heavy atom. The maximum Gasteiger partial charge on any atom is 0.270 e. The van der Waals surface area contributed by atoms with Crippen molar-refractivity contribution in [1.82, 2.24) is 0 Å². The van der Waals surface area contributed by atoms with E-state index in [-0.39, 0.29) is 41.6 Å². The molecule has 2 fully saturated rings. The molecule has 15 heteroatoms. The van der Waals surface area contributed by atoms with Crippen LogP contribution < -0.4 is 0 Å². The molecule has 1 N–H and O–H groups in total. The van der Waals surface area contributed by atoms with Crippen LogP contribution in [-0.4, -0.2) is 93.5 Å². The number of fused-ring (bicyclic) bond motifs is 2. The molecule has 4 atom stereocenters. The van der Waals surface area contributed by atoms with Gasteiger partial charge in [0.1, 0.15) is 22.7 Å². The highest BCUT2D eigenvalue weighted by molar-refractivity contribution is 7.90. The number of nitro groups is 1. The zero-order valence-corrected chi connectivity index (χ0v) is 24.8. The first-order valence-electron chi connectivity index (χ1n) is 14.1. The lowest BCUT2D eigenvalue weighted by molar-refractivity contribution is -0.625. The molecule has 14 nitrogen and oxygen atoms in total. The van der Waals surface area contributed by atoms with Crippen LogP contribution in [0.15, 0.2) is 57.6 Å². The van der Waals surface area contributed by atoms with Gasteiger partial charge < -0.3 is 34.3 Å². The summed E-state index contributed by atoms with van der Waals surface area (Å²) < 4.78 is 49.0. The monoisotopic (exact) mass is 619 g/mol. The molecule has 234 valence electrons. The van der Waals surface area contributed by atoms with Gasteiger partial charge in [-0.3, -0.25) is 10.1 Å². The number of hydrogen-bond donors (Lipinski definition) is 1. The predicted octanol–water partition coefficient (Wildman–Crippen LogP) is 4.07. The maximum atomic E-state index is 12.3. The minimum Gasteiger partial charge on any atom is -0.506 e. The second-order valence-corrected chi connectivity index (χ2v) is 12.5. The van der Waals surface area contributed by atoms with Crippen LogP contribution in [-0.2, 0) is 35.2 Å². The molecule has 2 bridgehead atoms. The molecule has 2 aliphatic heterocycles. The van der Waals surface area contributed by atoms with Crippen molar-refractivity contribution in [2.24, 2.45) is 10.2 Å². The van der Waals surface area contributed by atoms with Crippen LogP contribution in [0.2, 0.25) is 0 Å². The molecule has 2 saturated heterocycles. The van der Waals surface area contributed by atoms with Crippen molar-refractivity contribution in [2.75, 3.05) is 45.9 Å². The number of hydrogen-bond acceptors (Lipinski definition) is 11. The van der Waals surface area contributed by atoms with Crippen LogP contribution in [0, 0.1) is 10.1 Å². The lowest BCUT2D eigenvalue weighted by Crippen LogP contribution is -2.38. The fourth-order valence-corrected chi connectivity index (χ4v) is 5.90. The van der Waals surface area contributed by atoms with Gasteiger partial charge in [-0.15, -0.1) is 5.11 Å². The van der Waals surface area contributed by atoms with Crippen molar-refractivity contribution in [3.63, 3.8) is 0 Å². The van der Waals surface area contributed by atoms with Crippen LogP contribution in [0.25, 0.3) is 5.53 Å². The summed E-state index contributed by atoms with van der Waals surface area (Å²) in [4.78, 5) is 10.2. The Morgan fingerprint density at radius 3 is 2.37 bits per heavy atom. The van der Waals surface area contributed by atoms with Gasteiger partial charge in [0.2, 0.25) is 0 Å². The average molecular weight is 620 g/mol. The van der Waals surface area contributed by atoms with Gasteiger partial charge in [0, 0.05) is 50.5 Å².